The predicted octanol–water partition coefficient (Wildman–Crippen LogP) is 4.24. The van der Waals surface area contributed by atoms with E-state index in [0.717, 1.165) is 27.3 Å². The first-order valence-corrected chi connectivity index (χ1v) is 13.3. The van der Waals surface area contributed by atoms with E-state index in [1.54, 1.807) is 47.3 Å². The third kappa shape index (κ3) is 5.76. The summed E-state index contributed by atoms with van der Waals surface area (Å²) in [6.45, 7) is 3.62. The van der Waals surface area contributed by atoms with E-state index in [1.165, 1.54) is 0 Å². The van der Waals surface area contributed by atoms with Crippen LogP contribution in [0.15, 0.2) is 66.2 Å². The zero-order chi connectivity index (χ0) is 26.5. The Morgan fingerprint density at radius 3 is 2.61 bits per heavy atom. The van der Waals surface area contributed by atoms with E-state index in [0.29, 0.717) is 43.9 Å². The predicted molar refractivity (Wildman–Crippen MR) is 146 cm³/mol. The summed E-state index contributed by atoms with van der Waals surface area (Å²) < 4.78 is 6.02. The number of anilines is 1. The molecule has 4 aromatic rings. The molecule has 196 valence electrons. The first-order chi connectivity index (χ1) is 18.4. The number of fused-ring (bicyclic) bond motifs is 1. The number of thiazole rings is 1. The van der Waals surface area contributed by atoms with E-state index < -0.39 is 11.4 Å². The van der Waals surface area contributed by atoms with Crippen LogP contribution in [0.2, 0.25) is 0 Å². The average Bonchev–Trinajstić information content (AvgIpc) is 3.47. The van der Waals surface area contributed by atoms with Crippen molar-refractivity contribution >= 4 is 39.2 Å². The zero-order valence-corrected chi connectivity index (χ0v) is 21.8. The van der Waals surface area contributed by atoms with E-state index in [-0.39, 0.29) is 12.3 Å². The zero-order valence-electron chi connectivity index (χ0n) is 21.0. The van der Waals surface area contributed by atoms with Crippen LogP contribution in [0.5, 0.6) is 5.75 Å². The normalized spacial score (nSPS) is 14.7. The maximum atomic E-state index is 13.2. The molecule has 38 heavy (non-hydrogen) atoms. The molecule has 1 aliphatic heterocycles. The van der Waals surface area contributed by atoms with Crippen molar-refractivity contribution in [2.75, 3.05) is 18.0 Å². The van der Waals surface area contributed by atoms with Crippen LogP contribution in [-0.2, 0) is 11.4 Å². The average molecular weight is 532 g/mol. The van der Waals surface area contributed by atoms with Crippen LogP contribution in [0.3, 0.4) is 0 Å². The molecule has 9 nitrogen and oxygen atoms in total. The van der Waals surface area contributed by atoms with Gasteiger partial charge in [-0.05, 0) is 56.2 Å². The lowest BCUT2D eigenvalue weighted by Crippen LogP contribution is -2.57. The molecule has 2 aromatic carbocycles. The summed E-state index contributed by atoms with van der Waals surface area (Å²) in [6.07, 6.45) is 2.84. The van der Waals surface area contributed by atoms with Crippen LogP contribution >= 0.6 is 11.3 Å². The van der Waals surface area contributed by atoms with Gasteiger partial charge in [-0.15, -0.1) is 11.3 Å². The molecule has 0 spiro atoms. The Morgan fingerprint density at radius 1 is 1.13 bits per heavy atom. The number of para-hydroxylation sites is 1. The second-order valence-corrected chi connectivity index (χ2v) is 10.4. The van der Waals surface area contributed by atoms with Crippen molar-refractivity contribution in [2.24, 2.45) is 0 Å². The number of piperidine rings is 1. The fraction of sp³-hybridized carbons (Fsp3) is 0.286. The molecule has 1 aliphatic rings. The van der Waals surface area contributed by atoms with Crippen LogP contribution in [0.1, 0.15) is 40.9 Å². The Hall–Kier alpha value is -4.02. The van der Waals surface area contributed by atoms with Gasteiger partial charge in [-0.25, -0.2) is 10.5 Å². The fourth-order valence-electron chi connectivity index (χ4n) is 4.88. The van der Waals surface area contributed by atoms with Crippen molar-refractivity contribution in [3.05, 3.63) is 83.0 Å². The lowest BCUT2D eigenvalue weighted by atomic mass is 9.83. The number of aromatic nitrogens is 2. The summed E-state index contributed by atoms with van der Waals surface area (Å²) >= 11 is 1.56. The van der Waals surface area contributed by atoms with Gasteiger partial charge in [0.05, 0.1) is 17.5 Å². The lowest BCUT2D eigenvalue weighted by Gasteiger charge is -2.42. The molecule has 10 heteroatoms. The van der Waals surface area contributed by atoms with Crippen molar-refractivity contribution < 1.29 is 19.5 Å². The van der Waals surface area contributed by atoms with E-state index in [9.17, 15) is 9.59 Å². The van der Waals surface area contributed by atoms with Crippen LogP contribution in [-0.4, -0.2) is 45.6 Å². The van der Waals surface area contributed by atoms with Gasteiger partial charge in [0.1, 0.15) is 12.4 Å². The first-order valence-electron chi connectivity index (χ1n) is 12.4. The molecule has 0 aliphatic carbocycles. The maximum Gasteiger partial charge on any atom is 0.251 e. The molecule has 1 saturated heterocycles. The molecule has 1 fully saturated rings. The second kappa shape index (κ2) is 11.2. The molecule has 0 atom stereocenters. The number of hydroxylamine groups is 1. The maximum absolute atomic E-state index is 13.2. The van der Waals surface area contributed by atoms with Gasteiger partial charge in [0.25, 0.3) is 5.91 Å². The van der Waals surface area contributed by atoms with E-state index in [4.69, 9.17) is 9.94 Å². The largest absolute Gasteiger partial charge is 0.489 e. The van der Waals surface area contributed by atoms with Crippen LogP contribution < -0.4 is 20.4 Å². The first kappa shape index (κ1) is 25.6. The topological polar surface area (TPSA) is 117 Å². The van der Waals surface area contributed by atoms with Crippen molar-refractivity contribution in [2.45, 2.75) is 38.3 Å². The minimum atomic E-state index is -0.771. The summed E-state index contributed by atoms with van der Waals surface area (Å²) in [4.78, 5) is 36.4. The molecular formula is C28H29N5O4S. The molecule has 0 radical (unpaired) electrons. The van der Waals surface area contributed by atoms with Crippen LogP contribution in [0.25, 0.3) is 10.9 Å². The monoisotopic (exact) mass is 531 g/mol. The van der Waals surface area contributed by atoms with Gasteiger partial charge >= 0.3 is 0 Å². The Labute approximate surface area is 224 Å². The molecule has 2 amide bonds. The number of nitrogens with one attached hydrogen (secondary N) is 2. The molecule has 5 rings (SSSR count). The van der Waals surface area contributed by atoms with Crippen LogP contribution in [0.4, 0.5) is 5.13 Å². The number of benzene rings is 2. The van der Waals surface area contributed by atoms with Crippen molar-refractivity contribution in [1.82, 2.24) is 20.8 Å². The highest BCUT2D eigenvalue weighted by atomic mass is 32.1. The van der Waals surface area contributed by atoms with Gasteiger partial charge in [-0.1, -0.05) is 18.2 Å². The number of ether oxygens (including phenoxy) is 1. The summed E-state index contributed by atoms with van der Waals surface area (Å²) in [5.74, 6) is -0.164. The Balaban J connectivity index is 1.24. The number of carbonyl (C=O) groups is 2. The Kier molecular flexibility index (Phi) is 7.52. The van der Waals surface area contributed by atoms with E-state index in [1.807, 2.05) is 42.6 Å². The van der Waals surface area contributed by atoms with Gasteiger partial charge in [-0.2, -0.15) is 0 Å². The third-order valence-electron chi connectivity index (χ3n) is 6.85. The van der Waals surface area contributed by atoms with E-state index in [2.05, 4.69) is 20.2 Å². The highest BCUT2D eigenvalue weighted by molar-refractivity contribution is 7.13. The van der Waals surface area contributed by atoms with Crippen molar-refractivity contribution in [1.29, 1.82) is 0 Å². The van der Waals surface area contributed by atoms with Crippen LogP contribution in [0, 0.1) is 6.92 Å². The summed E-state index contributed by atoms with van der Waals surface area (Å²) in [7, 11) is 0. The van der Waals surface area contributed by atoms with Crippen molar-refractivity contribution in [3.8, 4) is 5.75 Å². The van der Waals surface area contributed by atoms with Gasteiger partial charge in [0, 0.05) is 46.9 Å². The number of nitrogens with zero attached hydrogens (tertiary/aromatic N) is 3. The Morgan fingerprint density at radius 2 is 1.89 bits per heavy atom. The Bertz CT molecular complexity index is 1420. The quantitative estimate of drug-likeness (QED) is 0.230. The highest BCUT2D eigenvalue weighted by Gasteiger charge is 2.38. The third-order valence-corrected chi connectivity index (χ3v) is 7.69. The van der Waals surface area contributed by atoms with E-state index >= 15 is 0 Å². The SMILES string of the molecule is Cc1cc(COc2ccc(C(=O)NC3(CC(=O)NO)CCN(c4nccs4)CC3)cc2)c2ccccc2n1. The number of carbonyl (C=O) groups excluding carboxylic acids is 2. The standard InChI is InChI=1S/C28H29N5O4S/c1-19-16-21(23-4-2-3-5-24(23)30-19)18-37-22-8-6-20(7-9-22)26(35)31-28(17-25(34)32-36)10-13-33(14-11-28)27-29-12-15-38-27/h2-9,12,15-16,36H,10-11,13-14,17-18H2,1H3,(H,31,35)(H,32,34). The smallest absolute Gasteiger partial charge is 0.251 e. The summed E-state index contributed by atoms with van der Waals surface area (Å²) in [5.41, 5.74) is 4.30. The van der Waals surface area contributed by atoms with Crippen molar-refractivity contribution in [3.63, 3.8) is 0 Å². The molecule has 3 heterocycles. The van der Waals surface area contributed by atoms with Gasteiger partial charge < -0.3 is 15.0 Å². The molecule has 0 unspecified atom stereocenters. The summed E-state index contributed by atoms with van der Waals surface area (Å²) in [6, 6.07) is 16.9. The van der Waals surface area contributed by atoms with Gasteiger partial charge in [0.15, 0.2) is 5.13 Å². The number of amides is 2. The molecule has 0 saturated carbocycles. The minimum absolute atomic E-state index is 0.0125. The molecule has 0 bridgehead atoms. The number of pyridine rings is 1. The second-order valence-electron chi connectivity index (χ2n) is 9.50. The number of rotatable bonds is 8. The lowest BCUT2D eigenvalue weighted by molar-refractivity contribution is -0.130. The molecular weight excluding hydrogens is 502 g/mol. The van der Waals surface area contributed by atoms with Gasteiger partial charge in [-0.3, -0.25) is 19.8 Å². The van der Waals surface area contributed by atoms with Gasteiger partial charge in [0.2, 0.25) is 5.91 Å². The minimum Gasteiger partial charge on any atom is -0.489 e. The number of hydrogen-bond acceptors (Lipinski definition) is 8. The highest BCUT2D eigenvalue weighted by Crippen LogP contribution is 2.30. The number of hydrogen-bond donors (Lipinski definition) is 3. The fourth-order valence-corrected chi connectivity index (χ4v) is 5.58. The summed E-state index contributed by atoms with van der Waals surface area (Å²) in [5, 5.41) is 16.1. The number of aryl methyl sites for hydroxylation is 1. The molecule has 2 aromatic heterocycles. The molecule has 3 N–H and O–H groups in total.